The smallest absolute Gasteiger partial charge is 0.225 e. The summed E-state index contributed by atoms with van der Waals surface area (Å²) in [6, 6.07) is 9.93. The van der Waals surface area contributed by atoms with E-state index in [1.54, 1.807) is 0 Å². The lowest BCUT2D eigenvalue weighted by Gasteiger charge is -2.39. The van der Waals surface area contributed by atoms with Crippen molar-refractivity contribution in [2.75, 3.05) is 31.1 Å². The second kappa shape index (κ2) is 5.54. The van der Waals surface area contributed by atoms with Gasteiger partial charge in [0.15, 0.2) is 0 Å². The predicted molar refractivity (Wildman–Crippen MR) is 77.3 cm³/mol. The molecule has 20 heavy (non-hydrogen) atoms. The maximum absolute atomic E-state index is 12.2. The molecule has 1 saturated heterocycles. The Hall–Kier alpha value is -2.02. The summed E-state index contributed by atoms with van der Waals surface area (Å²) in [4.78, 5) is 16.4. The maximum Gasteiger partial charge on any atom is 0.225 e. The van der Waals surface area contributed by atoms with Crippen molar-refractivity contribution in [2.24, 2.45) is 5.92 Å². The normalized spacial score (nSPS) is 19.4. The van der Waals surface area contributed by atoms with Crippen molar-refractivity contribution in [3.05, 3.63) is 29.8 Å². The van der Waals surface area contributed by atoms with E-state index in [0.717, 1.165) is 44.7 Å². The van der Waals surface area contributed by atoms with Gasteiger partial charge < -0.3 is 9.80 Å². The van der Waals surface area contributed by atoms with Crippen LogP contribution in [0.3, 0.4) is 0 Å². The highest BCUT2D eigenvalue weighted by Gasteiger charge is 2.31. The summed E-state index contributed by atoms with van der Waals surface area (Å²) in [5, 5.41) is 9.16. The van der Waals surface area contributed by atoms with Crippen molar-refractivity contribution in [1.29, 1.82) is 5.26 Å². The largest absolute Gasteiger partial charge is 0.367 e. The Morgan fingerprint density at radius 2 is 1.85 bits per heavy atom. The standard InChI is InChI=1S/C16H19N3O/c17-12-14-4-1-2-7-15(14)18-8-10-19(11-9-18)16(20)13-5-3-6-13/h1-2,4,7,13H,3,5-6,8-11H2. The van der Waals surface area contributed by atoms with E-state index in [4.69, 9.17) is 5.26 Å². The fraction of sp³-hybridized carbons (Fsp3) is 0.500. The van der Waals surface area contributed by atoms with Gasteiger partial charge in [-0.25, -0.2) is 0 Å². The van der Waals surface area contributed by atoms with Crippen molar-refractivity contribution in [3.63, 3.8) is 0 Å². The summed E-state index contributed by atoms with van der Waals surface area (Å²) >= 11 is 0. The van der Waals surface area contributed by atoms with Crippen LogP contribution in [0.1, 0.15) is 24.8 Å². The van der Waals surface area contributed by atoms with Crippen molar-refractivity contribution in [2.45, 2.75) is 19.3 Å². The first-order valence-corrected chi connectivity index (χ1v) is 7.32. The van der Waals surface area contributed by atoms with Gasteiger partial charge in [0.2, 0.25) is 5.91 Å². The first-order chi connectivity index (χ1) is 9.79. The number of rotatable bonds is 2. The van der Waals surface area contributed by atoms with Gasteiger partial charge in [-0.15, -0.1) is 0 Å². The summed E-state index contributed by atoms with van der Waals surface area (Å²) in [5.41, 5.74) is 1.71. The molecule has 0 N–H and O–H groups in total. The van der Waals surface area contributed by atoms with E-state index in [-0.39, 0.29) is 5.92 Å². The number of piperazine rings is 1. The summed E-state index contributed by atoms with van der Waals surface area (Å²) in [5.74, 6) is 0.623. The monoisotopic (exact) mass is 269 g/mol. The molecular weight excluding hydrogens is 250 g/mol. The van der Waals surface area contributed by atoms with E-state index in [1.165, 1.54) is 6.42 Å². The quantitative estimate of drug-likeness (QED) is 0.825. The molecule has 0 aromatic heterocycles. The van der Waals surface area contributed by atoms with Gasteiger partial charge in [0.25, 0.3) is 0 Å². The van der Waals surface area contributed by atoms with E-state index < -0.39 is 0 Å². The molecule has 0 radical (unpaired) electrons. The molecule has 4 heteroatoms. The molecule has 1 heterocycles. The zero-order valence-electron chi connectivity index (χ0n) is 11.6. The second-order valence-corrected chi connectivity index (χ2v) is 5.57. The summed E-state index contributed by atoms with van der Waals surface area (Å²) in [7, 11) is 0. The van der Waals surface area contributed by atoms with Crippen LogP contribution in [-0.4, -0.2) is 37.0 Å². The molecular formula is C16H19N3O. The average molecular weight is 269 g/mol. The minimum absolute atomic E-state index is 0.285. The Morgan fingerprint density at radius 1 is 1.15 bits per heavy atom. The Labute approximate surface area is 119 Å². The number of benzene rings is 1. The number of carbonyl (C=O) groups is 1. The molecule has 1 saturated carbocycles. The number of nitrogens with zero attached hydrogens (tertiary/aromatic N) is 3. The molecule has 0 spiro atoms. The molecule has 2 fully saturated rings. The fourth-order valence-electron chi connectivity index (χ4n) is 2.93. The van der Waals surface area contributed by atoms with Gasteiger partial charge in [-0.2, -0.15) is 5.26 Å². The van der Waals surface area contributed by atoms with Crippen molar-refractivity contribution in [3.8, 4) is 6.07 Å². The Morgan fingerprint density at radius 3 is 2.45 bits per heavy atom. The molecule has 0 atom stereocenters. The van der Waals surface area contributed by atoms with Gasteiger partial charge in [0.05, 0.1) is 11.3 Å². The third-order valence-corrected chi connectivity index (χ3v) is 4.41. The molecule has 1 aliphatic heterocycles. The minimum atomic E-state index is 0.285. The van der Waals surface area contributed by atoms with E-state index in [9.17, 15) is 4.79 Å². The van der Waals surface area contributed by atoms with Crippen LogP contribution in [0, 0.1) is 17.2 Å². The lowest BCUT2D eigenvalue weighted by atomic mass is 9.84. The number of amides is 1. The lowest BCUT2D eigenvalue weighted by molar-refractivity contribution is -0.138. The molecule has 0 unspecified atom stereocenters. The zero-order valence-corrected chi connectivity index (χ0v) is 11.6. The highest BCUT2D eigenvalue weighted by molar-refractivity contribution is 5.80. The van der Waals surface area contributed by atoms with Crippen LogP contribution in [-0.2, 0) is 4.79 Å². The first-order valence-electron chi connectivity index (χ1n) is 7.32. The zero-order chi connectivity index (χ0) is 13.9. The number of nitriles is 1. The van der Waals surface area contributed by atoms with Crippen molar-refractivity contribution < 1.29 is 4.79 Å². The molecule has 0 bridgehead atoms. The van der Waals surface area contributed by atoms with Crippen molar-refractivity contribution in [1.82, 2.24) is 4.90 Å². The van der Waals surface area contributed by atoms with Gasteiger partial charge in [-0.1, -0.05) is 18.6 Å². The molecule has 1 aromatic carbocycles. The van der Waals surface area contributed by atoms with Crippen LogP contribution in [0.4, 0.5) is 5.69 Å². The minimum Gasteiger partial charge on any atom is -0.367 e. The molecule has 1 aliphatic carbocycles. The first kappa shape index (κ1) is 13.0. The van der Waals surface area contributed by atoms with Crippen LogP contribution in [0.25, 0.3) is 0 Å². The number of carbonyl (C=O) groups excluding carboxylic acids is 1. The van der Waals surface area contributed by atoms with E-state index >= 15 is 0 Å². The highest BCUT2D eigenvalue weighted by Crippen LogP contribution is 2.29. The van der Waals surface area contributed by atoms with E-state index in [2.05, 4.69) is 11.0 Å². The Bertz CT molecular complexity index is 537. The van der Waals surface area contributed by atoms with Crippen LogP contribution < -0.4 is 4.90 Å². The van der Waals surface area contributed by atoms with Gasteiger partial charge in [-0.05, 0) is 25.0 Å². The van der Waals surface area contributed by atoms with Crippen molar-refractivity contribution >= 4 is 11.6 Å². The van der Waals surface area contributed by atoms with Crippen LogP contribution in [0.15, 0.2) is 24.3 Å². The van der Waals surface area contributed by atoms with E-state index in [1.807, 2.05) is 29.2 Å². The predicted octanol–water partition coefficient (Wildman–Crippen LogP) is 2.01. The Kier molecular flexibility index (Phi) is 3.60. The third-order valence-electron chi connectivity index (χ3n) is 4.41. The van der Waals surface area contributed by atoms with Crippen LogP contribution in [0.2, 0.25) is 0 Å². The van der Waals surface area contributed by atoms with Gasteiger partial charge in [0.1, 0.15) is 6.07 Å². The third kappa shape index (κ3) is 2.36. The van der Waals surface area contributed by atoms with Gasteiger partial charge in [0, 0.05) is 32.1 Å². The number of hydrogen-bond acceptors (Lipinski definition) is 3. The molecule has 1 amide bonds. The molecule has 2 aliphatic rings. The lowest BCUT2D eigenvalue weighted by Crippen LogP contribution is -2.51. The number of anilines is 1. The van der Waals surface area contributed by atoms with Gasteiger partial charge in [-0.3, -0.25) is 4.79 Å². The van der Waals surface area contributed by atoms with Gasteiger partial charge >= 0.3 is 0 Å². The highest BCUT2D eigenvalue weighted by atomic mass is 16.2. The Balaban J connectivity index is 1.63. The molecule has 3 rings (SSSR count). The average Bonchev–Trinajstić information content (AvgIpc) is 2.45. The summed E-state index contributed by atoms with van der Waals surface area (Å²) < 4.78 is 0. The van der Waals surface area contributed by atoms with Crippen LogP contribution >= 0.6 is 0 Å². The van der Waals surface area contributed by atoms with E-state index in [0.29, 0.717) is 11.5 Å². The van der Waals surface area contributed by atoms with Crippen LogP contribution in [0.5, 0.6) is 0 Å². The molecule has 104 valence electrons. The number of para-hydroxylation sites is 1. The SMILES string of the molecule is N#Cc1ccccc1N1CCN(C(=O)C2CCC2)CC1. The molecule has 4 nitrogen and oxygen atoms in total. The second-order valence-electron chi connectivity index (χ2n) is 5.57. The maximum atomic E-state index is 12.2. The summed E-state index contributed by atoms with van der Waals surface area (Å²) in [6.45, 7) is 3.18. The number of hydrogen-bond donors (Lipinski definition) is 0. The summed E-state index contributed by atoms with van der Waals surface area (Å²) in [6.07, 6.45) is 3.33. The topological polar surface area (TPSA) is 47.3 Å². The molecule has 1 aromatic rings. The fourth-order valence-corrected chi connectivity index (χ4v) is 2.93.